The second-order valence-electron chi connectivity index (χ2n) is 3.43. The number of nitrogens with one attached hydrogen (secondary N) is 2. The Morgan fingerprint density at radius 3 is 3.13 bits per heavy atom. The molecular weight excluding hydrogens is 206 g/mol. The van der Waals surface area contributed by atoms with E-state index in [1.807, 2.05) is 24.6 Å². The summed E-state index contributed by atoms with van der Waals surface area (Å²) in [5.41, 5.74) is 0. The molecule has 0 bridgehead atoms. The van der Waals surface area contributed by atoms with Crippen molar-refractivity contribution in [2.75, 3.05) is 7.05 Å². The van der Waals surface area contributed by atoms with Crippen molar-refractivity contribution in [1.29, 1.82) is 0 Å². The van der Waals surface area contributed by atoms with Gasteiger partial charge in [0.25, 0.3) is 0 Å². The van der Waals surface area contributed by atoms with Crippen LogP contribution < -0.4 is 5.32 Å². The van der Waals surface area contributed by atoms with Crippen LogP contribution in [0.2, 0.25) is 0 Å². The van der Waals surface area contributed by atoms with E-state index in [9.17, 15) is 0 Å². The Morgan fingerprint density at radius 2 is 2.53 bits per heavy atom. The van der Waals surface area contributed by atoms with E-state index in [0.717, 1.165) is 18.7 Å². The highest BCUT2D eigenvalue weighted by Crippen LogP contribution is 2.18. The number of aryl methyl sites for hydroxylation is 1. The number of hydrogen-bond acceptors (Lipinski definition) is 3. The SMILES string of the molecule is CNC(CCc1cccs1)c1ncc[nH]1. The van der Waals surface area contributed by atoms with Gasteiger partial charge < -0.3 is 10.3 Å². The molecular formula is C11H15N3S. The molecule has 15 heavy (non-hydrogen) atoms. The molecule has 0 fully saturated rings. The molecule has 0 radical (unpaired) electrons. The number of rotatable bonds is 5. The molecule has 1 unspecified atom stereocenters. The fraction of sp³-hybridized carbons (Fsp3) is 0.364. The van der Waals surface area contributed by atoms with Crippen molar-refractivity contribution in [2.45, 2.75) is 18.9 Å². The highest BCUT2D eigenvalue weighted by molar-refractivity contribution is 7.09. The Kier molecular flexibility index (Phi) is 3.53. The fourth-order valence-electron chi connectivity index (χ4n) is 1.63. The van der Waals surface area contributed by atoms with Crippen LogP contribution in [0.3, 0.4) is 0 Å². The molecule has 2 rings (SSSR count). The van der Waals surface area contributed by atoms with Gasteiger partial charge in [0.2, 0.25) is 0 Å². The average Bonchev–Trinajstić information content (AvgIpc) is 2.90. The summed E-state index contributed by atoms with van der Waals surface area (Å²) < 4.78 is 0. The van der Waals surface area contributed by atoms with E-state index in [1.165, 1.54) is 4.88 Å². The molecule has 0 spiro atoms. The molecule has 3 nitrogen and oxygen atoms in total. The second kappa shape index (κ2) is 5.09. The summed E-state index contributed by atoms with van der Waals surface area (Å²) in [6.07, 6.45) is 5.84. The maximum atomic E-state index is 4.27. The second-order valence-corrected chi connectivity index (χ2v) is 4.47. The lowest BCUT2D eigenvalue weighted by molar-refractivity contribution is 0.527. The largest absolute Gasteiger partial charge is 0.347 e. The van der Waals surface area contributed by atoms with Crippen molar-refractivity contribution >= 4 is 11.3 Å². The summed E-state index contributed by atoms with van der Waals surface area (Å²) in [6.45, 7) is 0. The Bertz CT molecular complexity index is 366. The van der Waals surface area contributed by atoms with Gasteiger partial charge in [-0.25, -0.2) is 4.98 Å². The van der Waals surface area contributed by atoms with Crippen LogP contribution in [0.25, 0.3) is 0 Å². The van der Waals surface area contributed by atoms with Crippen molar-refractivity contribution in [3.8, 4) is 0 Å². The van der Waals surface area contributed by atoms with Gasteiger partial charge in [-0.3, -0.25) is 0 Å². The van der Waals surface area contributed by atoms with E-state index in [0.29, 0.717) is 6.04 Å². The van der Waals surface area contributed by atoms with Crippen molar-refractivity contribution in [3.63, 3.8) is 0 Å². The number of aromatic nitrogens is 2. The Balaban J connectivity index is 1.92. The van der Waals surface area contributed by atoms with Crippen LogP contribution in [0, 0.1) is 0 Å². The molecule has 0 aliphatic heterocycles. The summed E-state index contributed by atoms with van der Waals surface area (Å²) in [7, 11) is 1.97. The first-order valence-electron chi connectivity index (χ1n) is 5.09. The highest BCUT2D eigenvalue weighted by Gasteiger charge is 2.11. The molecule has 2 aromatic rings. The molecule has 0 aliphatic rings. The van der Waals surface area contributed by atoms with Gasteiger partial charge >= 0.3 is 0 Å². The number of hydrogen-bond donors (Lipinski definition) is 2. The van der Waals surface area contributed by atoms with Gasteiger partial charge in [0.05, 0.1) is 6.04 Å². The average molecular weight is 221 g/mol. The summed E-state index contributed by atoms with van der Waals surface area (Å²) in [5, 5.41) is 5.40. The van der Waals surface area contributed by atoms with Gasteiger partial charge in [0.1, 0.15) is 5.82 Å². The predicted octanol–water partition coefficient (Wildman–Crippen LogP) is 2.36. The zero-order valence-electron chi connectivity index (χ0n) is 8.73. The quantitative estimate of drug-likeness (QED) is 0.813. The van der Waals surface area contributed by atoms with Gasteiger partial charge in [-0.2, -0.15) is 0 Å². The minimum atomic E-state index is 0.321. The van der Waals surface area contributed by atoms with Crippen LogP contribution in [-0.4, -0.2) is 17.0 Å². The number of H-pyrrole nitrogens is 1. The van der Waals surface area contributed by atoms with E-state index < -0.39 is 0 Å². The molecule has 4 heteroatoms. The topological polar surface area (TPSA) is 40.7 Å². The lowest BCUT2D eigenvalue weighted by Crippen LogP contribution is -2.18. The van der Waals surface area contributed by atoms with Gasteiger partial charge in [0.15, 0.2) is 0 Å². The molecule has 1 atom stereocenters. The summed E-state index contributed by atoms with van der Waals surface area (Å²) in [4.78, 5) is 8.85. The zero-order valence-corrected chi connectivity index (χ0v) is 9.55. The molecule has 80 valence electrons. The normalized spacial score (nSPS) is 12.9. The molecule has 2 aromatic heterocycles. The minimum absolute atomic E-state index is 0.321. The van der Waals surface area contributed by atoms with Crippen LogP contribution in [0.15, 0.2) is 29.9 Å². The lowest BCUT2D eigenvalue weighted by atomic mass is 10.1. The molecule has 0 aliphatic carbocycles. The summed E-state index contributed by atoms with van der Waals surface area (Å²) in [5.74, 6) is 1.02. The molecule has 2 N–H and O–H groups in total. The van der Waals surface area contributed by atoms with Crippen molar-refractivity contribution in [1.82, 2.24) is 15.3 Å². The fourth-order valence-corrected chi connectivity index (χ4v) is 2.35. The Labute approximate surface area is 93.6 Å². The third-order valence-corrected chi connectivity index (χ3v) is 3.39. The third kappa shape index (κ3) is 2.67. The van der Waals surface area contributed by atoms with E-state index in [1.54, 1.807) is 6.20 Å². The smallest absolute Gasteiger partial charge is 0.123 e. The van der Waals surface area contributed by atoms with Crippen molar-refractivity contribution in [2.24, 2.45) is 0 Å². The van der Waals surface area contributed by atoms with Crippen LogP contribution in [-0.2, 0) is 6.42 Å². The van der Waals surface area contributed by atoms with E-state index in [-0.39, 0.29) is 0 Å². The molecule has 2 heterocycles. The van der Waals surface area contributed by atoms with Gasteiger partial charge in [-0.15, -0.1) is 11.3 Å². The monoisotopic (exact) mass is 221 g/mol. The summed E-state index contributed by atoms with van der Waals surface area (Å²) in [6, 6.07) is 4.60. The first-order chi connectivity index (χ1) is 7.40. The molecule has 0 amide bonds. The van der Waals surface area contributed by atoms with Crippen molar-refractivity contribution in [3.05, 3.63) is 40.6 Å². The van der Waals surface area contributed by atoms with E-state index in [2.05, 4.69) is 32.8 Å². The zero-order chi connectivity index (χ0) is 10.5. The lowest BCUT2D eigenvalue weighted by Gasteiger charge is -2.12. The van der Waals surface area contributed by atoms with Crippen LogP contribution in [0.4, 0.5) is 0 Å². The van der Waals surface area contributed by atoms with E-state index in [4.69, 9.17) is 0 Å². The Morgan fingerprint density at radius 1 is 1.60 bits per heavy atom. The van der Waals surface area contributed by atoms with Crippen LogP contribution in [0.1, 0.15) is 23.2 Å². The first kappa shape index (κ1) is 10.4. The maximum Gasteiger partial charge on any atom is 0.123 e. The van der Waals surface area contributed by atoms with Gasteiger partial charge in [-0.05, 0) is 31.3 Å². The first-order valence-corrected chi connectivity index (χ1v) is 5.97. The standard InChI is InChI=1S/C11H15N3S/c1-12-10(11-13-6-7-14-11)5-4-9-3-2-8-15-9/h2-3,6-8,10,12H,4-5H2,1H3,(H,13,14). The Hall–Kier alpha value is -1.13. The number of thiophene rings is 1. The number of aromatic amines is 1. The third-order valence-electron chi connectivity index (χ3n) is 2.46. The summed E-state index contributed by atoms with van der Waals surface area (Å²) >= 11 is 1.81. The molecule has 0 saturated carbocycles. The van der Waals surface area contributed by atoms with Crippen LogP contribution in [0.5, 0.6) is 0 Å². The molecule has 0 saturated heterocycles. The van der Waals surface area contributed by atoms with Crippen LogP contribution >= 0.6 is 11.3 Å². The van der Waals surface area contributed by atoms with E-state index >= 15 is 0 Å². The minimum Gasteiger partial charge on any atom is -0.347 e. The predicted molar refractivity (Wildman–Crippen MR) is 63.0 cm³/mol. The number of imidazole rings is 1. The number of nitrogens with zero attached hydrogens (tertiary/aromatic N) is 1. The highest BCUT2D eigenvalue weighted by atomic mass is 32.1. The van der Waals surface area contributed by atoms with Gasteiger partial charge in [-0.1, -0.05) is 6.07 Å². The van der Waals surface area contributed by atoms with Gasteiger partial charge in [0, 0.05) is 17.3 Å². The maximum absolute atomic E-state index is 4.27. The van der Waals surface area contributed by atoms with Crippen molar-refractivity contribution < 1.29 is 0 Å². The molecule has 0 aromatic carbocycles.